The zero-order chi connectivity index (χ0) is 13.0. The minimum Gasteiger partial charge on any atom is -0.493 e. The first-order valence-corrected chi connectivity index (χ1v) is 6.68. The van der Waals surface area contributed by atoms with Gasteiger partial charge in [0.25, 0.3) is 0 Å². The molecule has 0 radical (unpaired) electrons. The molecule has 1 N–H and O–H groups in total. The molecule has 0 bridgehead atoms. The fraction of sp³-hybridized carbons (Fsp3) is 0.600. The van der Waals surface area contributed by atoms with Gasteiger partial charge in [-0.15, -0.1) is 0 Å². The Morgan fingerprint density at radius 3 is 3.00 bits per heavy atom. The van der Waals surface area contributed by atoms with Gasteiger partial charge in [-0.05, 0) is 38.2 Å². The monoisotopic (exact) mass is 250 g/mol. The lowest BCUT2D eigenvalue weighted by Gasteiger charge is -2.23. The molecule has 0 saturated carbocycles. The number of para-hydroxylation sites is 1. The van der Waals surface area contributed by atoms with Gasteiger partial charge in [-0.3, -0.25) is 0 Å². The summed E-state index contributed by atoms with van der Waals surface area (Å²) in [4.78, 5) is 0. The predicted molar refractivity (Wildman–Crippen MR) is 70.9 cm³/mol. The highest BCUT2D eigenvalue weighted by Crippen LogP contribution is 2.34. The van der Waals surface area contributed by atoms with E-state index in [1.165, 1.54) is 5.56 Å². The third-order valence-electron chi connectivity index (χ3n) is 3.57. The Morgan fingerprint density at radius 2 is 2.22 bits per heavy atom. The third-order valence-corrected chi connectivity index (χ3v) is 3.57. The van der Waals surface area contributed by atoms with Crippen molar-refractivity contribution in [2.75, 3.05) is 13.7 Å². The van der Waals surface area contributed by atoms with E-state index in [0.717, 1.165) is 37.2 Å². The molecule has 0 aliphatic carbocycles. The minimum absolute atomic E-state index is 0.181. The fourth-order valence-corrected chi connectivity index (χ4v) is 2.34. The van der Waals surface area contributed by atoms with Crippen molar-refractivity contribution < 1.29 is 14.6 Å². The summed E-state index contributed by atoms with van der Waals surface area (Å²) in [7, 11) is 1.70. The van der Waals surface area contributed by atoms with E-state index in [0.29, 0.717) is 6.42 Å². The van der Waals surface area contributed by atoms with Crippen molar-refractivity contribution in [1.82, 2.24) is 0 Å². The van der Waals surface area contributed by atoms with Gasteiger partial charge in [0.1, 0.15) is 5.75 Å². The lowest BCUT2D eigenvalue weighted by Crippen LogP contribution is -2.13. The average Bonchev–Trinajstić information content (AvgIpc) is 2.43. The van der Waals surface area contributed by atoms with E-state index in [9.17, 15) is 5.11 Å². The molecule has 1 aromatic carbocycles. The Hall–Kier alpha value is -1.06. The minimum atomic E-state index is -0.462. The van der Waals surface area contributed by atoms with Gasteiger partial charge in [-0.1, -0.05) is 18.2 Å². The van der Waals surface area contributed by atoms with Crippen LogP contribution >= 0.6 is 0 Å². The van der Waals surface area contributed by atoms with E-state index in [-0.39, 0.29) is 6.10 Å². The largest absolute Gasteiger partial charge is 0.493 e. The molecule has 0 amide bonds. The van der Waals surface area contributed by atoms with Gasteiger partial charge in [0.2, 0.25) is 0 Å². The highest BCUT2D eigenvalue weighted by atomic mass is 16.5. The summed E-state index contributed by atoms with van der Waals surface area (Å²) < 4.78 is 10.9. The second-order valence-electron chi connectivity index (χ2n) is 4.93. The van der Waals surface area contributed by atoms with Crippen LogP contribution in [0.1, 0.15) is 43.4 Å². The normalized spacial score (nSPS) is 17.7. The summed E-state index contributed by atoms with van der Waals surface area (Å²) in [5.74, 6) is 0.904. The molecule has 3 heteroatoms. The van der Waals surface area contributed by atoms with E-state index in [2.05, 4.69) is 6.07 Å². The average molecular weight is 250 g/mol. The molecule has 0 aromatic heterocycles. The van der Waals surface area contributed by atoms with E-state index >= 15 is 0 Å². The molecule has 1 aliphatic heterocycles. The van der Waals surface area contributed by atoms with Gasteiger partial charge >= 0.3 is 0 Å². The van der Waals surface area contributed by atoms with Gasteiger partial charge < -0.3 is 14.6 Å². The van der Waals surface area contributed by atoms with Crippen molar-refractivity contribution in [1.29, 1.82) is 0 Å². The highest BCUT2D eigenvalue weighted by Gasteiger charge is 2.19. The SMILES string of the molecule is COC(C)CCC(O)c1cccc2c1OCCC2. The van der Waals surface area contributed by atoms with Gasteiger partial charge in [-0.25, -0.2) is 0 Å². The van der Waals surface area contributed by atoms with Crippen LogP contribution < -0.4 is 4.74 Å². The zero-order valence-electron chi connectivity index (χ0n) is 11.2. The number of methoxy groups -OCH3 is 1. The number of rotatable bonds is 5. The molecule has 1 aromatic rings. The third kappa shape index (κ3) is 3.03. The Bertz CT molecular complexity index is 389. The number of benzene rings is 1. The Kier molecular flexibility index (Phi) is 4.61. The van der Waals surface area contributed by atoms with Crippen LogP contribution in [0.2, 0.25) is 0 Å². The molecule has 18 heavy (non-hydrogen) atoms. The molecule has 100 valence electrons. The van der Waals surface area contributed by atoms with Crippen LogP contribution in [-0.2, 0) is 11.2 Å². The Labute approximate surface area is 109 Å². The smallest absolute Gasteiger partial charge is 0.128 e. The fourth-order valence-electron chi connectivity index (χ4n) is 2.34. The molecular formula is C15H22O3. The van der Waals surface area contributed by atoms with Crippen molar-refractivity contribution in [3.63, 3.8) is 0 Å². The summed E-state index contributed by atoms with van der Waals surface area (Å²) in [6.07, 6.45) is 3.38. The zero-order valence-corrected chi connectivity index (χ0v) is 11.2. The predicted octanol–water partition coefficient (Wildman–Crippen LogP) is 2.86. The number of hydrogen-bond acceptors (Lipinski definition) is 3. The molecule has 0 spiro atoms. The molecule has 0 fully saturated rings. The first-order chi connectivity index (χ1) is 8.72. The Balaban J connectivity index is 2.08. The van der Waals surface area contributed by atoms with Crippen molar-refractivity contribution in [3.8, 4) is 5.75 Å². The second kappa shape index (κ2) is 6.21. The number of fused-ring (bicyclic) bond motifs is 1. The lowest BCUT2D eigenvalue weighted by atomic mass is 9.96. The van der Waals surface area contributed by atoms with Crippen LogP contribution in [0.3, 0.4) is 0 Å². The maximum atomic E-state index is 10.3. The molecule has 3 nitrogen and oxygen atoms in total. The maximum absolute atomic E-state index is 10.3. The van der Waals surface area contributed by atoms with E-state index in [1.54, 1.807) is 7.11 Å². The van der Waals surface area contributed by atoms with Crippen LogP contribution in [0, 0.1) is 0 Å². The molecule has 2 atom stereocenters. The van der Waals surface area contributed by atoms with Crippen molar-refractivity contribution >= 4 is 0 Å². The molecule has 2 rings (SSSR count). The van der Waals surface area contributed by atoms with Gasteiger partial charge in [-0.2, -0.15) is 0 Å². The van der Waals surface area contributed by atoms with Gasteiger partial charge in [0, 0.05) is 12.7 Å². The summed E-state index contributed by atoms with van der Waals surface area (Å²) in [6.45, 7) is 2.77. The summed E-state index contributed by atoms with van der Waals surface area (Å²) >= 11 is 0. The van der Waals surface area contributed by atoms with Crippen molar-refractivity contribution in [2.24, 2.45) is 0 Å². The van der Waals surface area contributed by atoms with E-state index in [1.807, 2.05) is 19.1 Å². The number of ether oxygens (including phenoxy) is 2. The quantitative estimate of drug-likeness (QED) is 0.873. The van der Waals surface area contributed by atoms with Crippen LogP contribution in [-0.4, -0.2) is 24.9 Å². The molecule has 2 unspecified atom stereocenters. The number of hydrogen-bond donors (Lipinski definition) is 1. The highest BCUT2D eigenvalue weighted by molar-refractivity contribution is 5.43. The lowest BCUT2D eigenvalue weighted by molar-refractivity contribution is 0.0838. The first kappa shape index (κ1) is 13.4. The van der Waals surface area contributed by atoms with Crippen molar-refractivity contribution in [2.45, 2.75) is 44.8 Å². The Morgan fingerprint density at radius 1 is 1.39 bits per heavy atom. The van der Waals surface area contributed by atoms with E-state index in [4.69, 9.17) is 9.47 Å². The number of aliphatic hydroxyl groups excluding tert-OH is 1. The van der Waals surface area contributed by atoms with Crippen LogP contribution in [0.5, 0.6) is 5.75 Å². The van der Waals surface area contributed by atoms with Crippen LogP contribution in [0.4, 0.5) is 0 Å². The van der Waals surface area contributed by atoms with Gasteiger partial charge in [0.15, 0.2) is 0 Å². The molecule has 1 heterocycles. The van der Waals surface area contributed by atoms with Crippen LogP contribution in [0.15, 0.2) is 18.2 Å². The maximum Gasteiger partial charge on any atom is 0.128 e. The standard InChI is InChI=1S/C15H22O3/c1-11(17-2)8-9-14(16)13-7-3-5-12-6-4-10-18-15(12)13/h3,5,7,11,14,16H,4,6,8-10H2,1-2H3. The molecule has 0 saturated heterocycles. The summed E-state index contributed by atoms with van der Waals surface area (Å²) in [5, 5.41) is 10.3. The second-order valence-corrected chi connectivity index (χ2v) is 4.93. The van der Waals surface area contributed by atoms with E-state index < -0.39 is 6.10 Å². The number of aliphatic hydroxyl groups is 1. The number of aryl methyl sites for hydroxylation is 1. The van der Waals surface area contributed by atoms with Crippen molar-refractivity contribution in [3.05, 3.63) is 29.3 Å². The molecular weight excluding hydrogens is 228 g/mol. The summed E-state index contributed by atoms with van der Waals surface area (Å²) in [5.41, 5.74) is 2.15. The topological polar surface area (TPSA) is 38.7 Å². The summed E-state index contributed by atoms with van der Waals surface area (Å²) in [6, 6.07) is 6.06. The molecule has 1 aliphatic rings. The first-order valence-electron chi connectivity index (χ1n) is 6.68. The van der Waals surface area contributed by atoms with Gasteiger partial charge in [0.05, 0.1) is 18.8 Å². The van der Waals surface area contributed by atoms with Crippen LogP contribution in [0.25, 0.3) is 0 Å².